The Balaban J connectivity index is 2.10. The van der Waals surface area contributed by atoms with Gasteiger partial charge in [-0.3, -0.25) is 9.59 Å². The Morgan fingerprint density at radius 1 is 0.833 bits per heavy atom. The van der Waals surface area contributed by atoms with E-state index in [1.54, 1.807) is 48.5 Å². The van der Waals surface area contributed by atoms with Gasteiger partial charge >= 0.3 is 0 Å². The van der Waals surface area contributed by atoms with Gasteiger partial charge in [-0.05, 0) is 48.0 Å². The third-order valence-electron chi connectivity index (χ3n) is 2.41. The molecular formula is C14H10ClNO2. The lowest BCUT2D eigenvalue weighted by atomic mass is 10.2. The fraction of sp³-hybridized carbons (Fsp3) is 0. The molecule has 0 saturated carbocycles. The predicted molar refractivity (Wildman–Crippen MR) is 71.0 cm³/mol. The molecule has 0 aliphatic carbocycles. The first-order valence-electron chi connectivity index (χ1n) is 5.33. The molecule has 0 aromatic heterocycles. The molecule has 0 unspecified atom stereocenters. The van der Waals surface area contributed by atoms with E-state index < -0.39 is 5.24 Å². The normalized spacial score (nSPS) is 9.83. The first-order valence-corrected chi connectivity index (χ1v) is 5.71. The van der Waals surface area contributed by atoms with Gasteiger partial charge in [0, 0.05) is 16.8 Å². The zero-order chi connectivity index (χ0) is 13.0. The molecule has 0 heterocycles. The highest BCUT2D eigenvalue weighted by molar-refractivity contribution is 6.67. The second-order valence-electron chi connectivity index (χ2n) is 3.67. The van der Waals surface area contributed by atoms with E-state index in [1.165, 1.54) is 0 Å². The lowest BCUT2D eigenvalue weighted by Crippen LogP contribution is -2.11. The van der Waals surface area contributed by atoms with E-state index in [0.717, 1.165) is 0 Å². The van der Waals surface area contributed by atoms with Crippen LogP contribution in [0.15, 0.2) is 54.6 Å². The van der Waals surface area contributed by atoms with Crippen molar-refractivity contribution in [2.75, 3.05) is 5.32 Å². The second kappa shape index (κ2) is 5.47. The molecule has 3 nitrogen and oxygen atoms in total. The average molecular weight is 260 g/mol. The van der Waals surface area contributed by atoms with Gasteiger partial charge in [0.15, 0.2) is 0 Å². The van der Waals surface area contributed by atoms with Gasteiger partial charge in [0.05, 0.1) is 0 Å². The molecule has 90 valence electrons. The standard InChI is InChI=1S/C14H10ClNO2/c15-13(17)10-6-8-12(9-7-10)16-14(18)11-4-2-1-3-5-11/h1-9H,(H,16,18). The largest absolute Gasteiger partial charge is 0.322 e. The maximum atomic E-state index is 11.8. The molecular weight excluding hydrogens is 250 g/mol. The molecule has 2 aromatic carbocycles. The molecule has 0 radical (unpaired) electrons. The smallest absolute Gasteiger partial charge is 0.255 e. The van der Waals surface area contributed by atoms with E-state index in [1.807, 2.05) is 6.07 Å². The Kier molecular flexibility index (Phi) is 3.75. The summed E-state index contributed by atoms with van der Waals surface area (Å²) in [5.74, 6) is -0.194. The highest BCUT2D eigenvalue weighted by Crippen LogP contribution is 2.12. The van der Waals surface area contributed by atoms with Gasteiger partial charge in [0.1, 0.15) is 0 Å². The van der Waals surface area contributed by atoms with E-state index in [4.69, 9.17) is 11.6 Å². The van der Waals surface area contributed by atoms with Crippen molar-refractivity contribution in [3.8, 4) is 0 Å². The predicted octanol–water partition coefficient (Wildman–Crippen LogP) is 3.32. The van der Waals surface area contributed by atoms with Gasteiger partial charge in [0.2, 0.25) is 0 Å². The van der Waals surface area contributed by atoms with Gasteiger partial charge in [-0.25, -0.2) is 0 Å². The Labute approximate surface area is 109 Å². The Morgan fingerprint density at radius 2 is 1.44 bits per heavy atom. The second-order valence-corrected chi connectivity index (χ2v) is 4.01. The third-order valence-corrected chi connectivity index (χ3v) is 2.62. The SMILES string of the molecule is O=C(Cl)c1ccc(NC(=O)c2ccccc2)cc1. The molecule has 18 heavy (non-hydrogen) atoms. The number of halogens is 1. The minimum absolute atomic E-state index is 0.194. The van der Waals surface area contributed by atoms with Gasteiger partial charge in [-0.2, -0.15) is 0 Å². The molecule has 1 N–H and O–H groups in total. The Hall–Kier alpha value is -2.13. The number of carbonyl (C=O) groups is 2. The number of anilines is 1. The highest BCUT2D eigenvalue weighted by atomic mass is 35.5. The fourth-order valence-electron chi connectivity index (χ4n) is 1.48. The monoisotopic (exact) mass is 259 g/mol. The quantitative estimate of drug-likeness (QED) is 0.860. The van der Waals surface area contributed by atoms with Crippen LogP contribution in [0.2, 0.25) is 0 Å². The van der Waals surface area contributed by atoms with Crippen LogP contribution < -0.4 is 5.32 Å². The van der Waals surface area contributed by atoms with Crippen LogP contribution in [0, 0.1) is 0 Å². The maximum absolute atomic E-state index is 11.8. The van der Waals surface area contributed by atoms with E-state index >= 15 is 0 Å². The number of rotatable bonds is 3. The van der Waals surface area contributed by atoms with Crippen LogP contribution in [0.4, 0.5) is 5.69 Å². The fourth-order valence-corrected chi connectivity index (χ4v) is 1.60. The number of nitrogens with one attached hydrogen (secondary N) is 1. The van der Waals surface area contributed by atoms with Crippen molar-refractivity contribution in [2.24, 2.45) is 0 Å². The summed E-state index contributed by atoms with van der Waals surface area (Å²) in [5.41, 5.74) is 1.59. The van der Waals surface area contributed by atoms with Crippen molar-refractivity contribution in [1.29, 1.82) is 0 Å². The van der Waals surface area contributed by atoms with Crippen LogP contribution in [0.25, 0.3) is 0 Å². The van der Waals surface area contributed by atoms with Crippen molar-refractivity contribution in [3.63, 3.8) is 0 Å². The van der Waals surface area contributed by atoms with Crippen LogP contribution in [-0.2, 0) is 0 Å². The van der Waals surface area contributed by atoms with Crippen molar-refractivity contribution in [3.05, 3.63) is 65.7 Å². The van der Waals surface area contributed by atoms with Crippen LogP contribution in [0.3, 0.4) is 0 Å². The van der Waals surface area contributed by atoms with Gasteiger partial charge in [-0.15, -0.1) is 0 Å². The van der Waals surface area contributed by atoms with E-state index in [9.17, 15) is 9.59 Å². The first kappa shape index (κ1) is 12.3. The number of benzene rings is 2. The minimum Gasteiger partial charge on any atom is -0.322 e. The maximum Gasteiger partial charge on any atom is 0.255 e. The van der Waals surface area contributed by atoms with Gasteiger partial charge in [-0.1, -0.05) is 18.2 Å². The van der Waals surface area contributed by atoms with Crippen molar-refractivity contribution in [1.82, 2.24) is 0 Å². The van der Waals surface area contributed by atoms with Gasteiger partial charge in [0.25, 0.3) is 11.1 Å². The first-order chi connectivity index (χ1) is 8.66. The molecule has 1 amide bonds. The summed E-state index contributed by atoms with van der Waals surface area (Å²) in [6.45, 7) is 0. The zero-order valence-corrected chi connectivity index (χ0v) is 10.1. The number of amides is 1. The summed E-state index contributed by atoms with van der Waals surface area (Å²) in [4.78, 5) is 22.7. The van der Waals surface area contributed by atoms with Crippen LogP contribution in [0.1, 0.15) is 20.7 Å². The summed E-state index contributed by atoms with van der Waals surface area (Å²) >= 11 is 5.33. The number of hydrogen-bond acceptors (Lipinski definition) is 2. The molecule has 0 aliphatic heterocycles. The van der Waals surface area contributed by atoms with Crippen molar-refractivity contribution in [2.45, 2.75) is 0 Å². The topological polar surface area (TPSA) is 46.2 Å². The Bertz CT molecular complexity index is 564. The summed E-state index contributed by atoms with van der Waals surface area (Å²) in [6.07, 6.45) is 0. The lowest BCUT2D eigenvalue weighted by molar-refractivity contribution is 0.102. The van der Waals surface area contributed by atoms with E-state index in [0.29, 0.717) is 16.8 Å². The van der Waals surface area contributed by atoms with E-state index in [2.05, 4.69) is 5.32 Å². The molecule has 0 spiro atoms. The van der Waals surface area contributed by atoms with Crippen LogP contribution in [-0.4, -0.2) is 11.1 Å². The summed E-state index contributed by atoms with van der Waals surface area (Å²) in [7, 11) is 0. The number of hydrogen-bond donors (Lipinski definition) is 1. The molecule has 2 rings (SSSR count). The number of carbonyl (C=O) groups excluding carboxylic acids is 2. The molecule has 0 bridgehead atoms. The molecule has 0 saturated heterocycles. The average Bonchev–Trinajstić information content (AvgIpc) is 2.40. The van der Waals surface area contributed by atoms with Crippen LogP contribution in [0.5, 0.6) is 0 Å². The third kappa shape index (κ3) is 2.96. The summed E-state index contributed by atoms with van der Waals surface area (Å²) < 4.78 is 0. The highest BCUT2D eigenvalue weighted by Gasteiger charge is 2.06. The van der Waals surface area contributed by atoms with E-state index in [-0.39, 0.29) is 5.91 Å². The minimum atomic E-state index is -0.518. The molecule has 0 aliphatic rings. The van der Waals surface area contributed by atoms with Crippen LogP contribution >= 0.6 is 11.6 Å². The summed E-state index contributed by atoms with van der Waals surface area (Å²) in [6, 6.07) is 15.3. The molecule has 0 fully saturated rings. The lowest BCUT2D eigenvalue weighted by Gasteiger charge is -2.05. The molecule has 2 aromatic rings. The van der Waals surface area contributed by atoms with Crippen molar-refractivity contribution < 1.29 is 9.59 Å². The van der Waals surface area contributed by atoms with Crippen molar-refractivity contribution >= 4 is 28.4 Å². The Morgan fingerprint density at radius 3 is 2.00 bits per heavy atom. The molecule has 0 atom stereocenters. The summed E-state index contributed by atoms with van der Waals surface area (Å²) in [5, 5.41) is 2.21. The zero-order valence-electron chi connectivity index (χ0n) is 9.39. The van der Waals surface area contributed by atoms with Gasteiger partial charge < -0.3 is 5.32 Å². The molecule has 4 heteroatoms.